The molecule has 0 aliphatic rings. The van der Waals surface area contributed by atoms with Gasteiger partial charge in [0.1, 0.15) is 0 Å². The Kier molecular flexibility index (Phi) is 6.37. The first-order valence-electron chi connectivity index (χ1n) is 8.35. The summed E-state index contributed by atoms with van der Waals surface area (Å²) in [6.07, 6.45) is 0. The number of hydrogen-bond donors (Lipinski definition) is 3. The molecule has 0 aliphatic carbocycles. The fourth-order valence-electron chi connectivity index (χ4n) is 2.44. The molecule has 0 bridgehead atoms. The predicted molar refractivity (Wildman–Crippen MR) is 114 cm³/mol. The summed E-state index contributed by atoms with van der Waals surface area (Å²) < 4.78 is 0. The molecule has 0 aliphatic heterocycles. The normalized spacial score (nSPS) is 10.0. The van der Waals surface area contributed by atoms with Crippen LogP contribution < -0.4 is 16.2 Å². The Balaban J connectivity index is 1.53. The van der Waals surface area contributed by atoms with Crippen LogP contribution in [0, 0.1) is 0 Å². The van der Waals surface area contributed by atoms with Crippen LogP contribution in [0.15, 0.2) is 78.9 Å². The van der Waals surface area contributed by atoms with Gasteiger partial charge >= 0.3 is 0 Å². The third-order valence-electron chi connectivity index (χ3n) is 3.88. The summed E-state index contributed by atoms with van der Waals surface area (Å²) >= 11 is 10.8. The molecule has 0 radical (unpaired) electrons. The first-order chi connectivity index (χ1) is 13.5. The molecular weight excluding hydrogens is 394 g/mol. The lowest BCUT2D eigenvalue weighted by Gasteiger charge is -2.11. The van der Waals surface area contributed by atoms with Gasteiger partial charge in [-0.1, -0.05) is 54.1 Å². The van der Waals surface area contributed by atoms with Gasteiger partial charge in [-0.3, -0.25) is 25.8 Å². The molecule has 28 heavy (non-hydrogen) atoms. The Morgan fingerprint density at radius 1 is 0.679 bits per heavy atom. The van der Waals surface area contributed by atoms with Crippen LogP contribution in [0.2, 0.25) is 5.02 Å². The minimum Gasteiger partial charge on any atom is -0.298 e. The number of hydrogen-bond acceptors (Lipinski definition) is 3. The highest BCUT2D eigenvalue weighted by Gasteiger charge is 2.10. The summed E-state index contributed by atoms with van der Waals surface area (Å²) in [5.41, 5.74) is 7.85. The van der Waals surface area contributed by atoms with E-state index in [1.165, 1.54) is 0 Å². The number of carbonyl (C=O) groups excluding carboxylic acids is 2. The van der Waals surface area contributed by atoms with E-state index in [-0.39, 0.29) is 11.0 Å². The quantitative estimate of drug-likeness (QED) is 0.452. The smallest absolute Gasteiger partial charge is 0.269 e. The third-order valence-corrected chi connectivity index (χ3v) is 4.33. The van der Waals surface area contributed by atoms with Crippen LogP contribution in [0.5, 0.6) is 0 Å². The maximum Gasteiger partial charge on any atom is 0.269 e. The molecule has 3 aromatic carbocycles. The molecule has 7 heteroatoms. The standard InChI is InChI=1S/C21H16ClN3O2S/c22-18-12-10-17(11-13-18)20(27)24-25-21(28)23-19(26)16-8-6-15(7-9-16)14-4-2-1-3-5-14/h1-13H,(H,24,27)(H2,23,25,26,28). The van der Waals surface area contributed by atoms with Gasteiger partial charge in [-0.2, -0.15) is 0 Å². The second-order valence-corrected chi connectivity index (χ2v) is 6.66. The summed E-state index contributed by atoms with van der Waals surface area (Å²) in [5.74, 6) is -0.779. The van der Waals surface area contributed by atoms with Gasteiger partial charge in [0, 0.05) is 16.1 Å². The topological polar surface area (TPSA) is 70.2 Å². The summed E-state index contributed by atoms with van der Waals surface area (Å²) in [6, 6.07) is 23.4. The highest BCUT2D eigenvalue weighted by molar-refractivity contribution is 7.80. The van der Waals surface area contributed by atoms with Crippen molar-refractivity contribution in [2.24, 2.45) is 0 Å². The van der Waals surface area contributed by atoms with Crippen molar-refractivity contribution in [2.75, 3.05) is 0 Å². The van der Waals surface area contributed by atoms with Crippen LogP contribution in [-0.2, 0) is 0 Å². The van der Waals surface area contributed by atoms with Gasteiger partial charge in [0.2, 0.25) is 0 Å². The summed E-state index contributed by atoms with van der Waals surface area (Å²) in [5, 5.41) is 3.04. The first kappa shape index (κ1) is 19.5. The second-order valence-electron chi connectivity index (χ2n) is 5.81. The number of halogens is 1. The van der Waals surface area contributed by atoms with Gasteiger partial charge in [-0.25, -0.2) is 0 Å². The van der Waals surface area contributed by atoms with E-state index >= 15 is 0 Å². The maximum atomic E-state index is 12.3. The molecule has 0 heterocycles. The van der Waals surface area contributed by atoms with E-state index in [0.717, 1.165) is 11.1 Å². The fourth-order valence-corrected chi connectivity index (χ4v) is 2.71. The highest BCUT2D eigenvalue weighted by Crippen LogP contribution is 2.19. The van der Waals surface area contributed by atoms with Crippen LogP contribution in [0.1, 0.15) is 20.7 Å². The van der Waals surface area contributed by atoms with E-state index in [1.54, 1.807) is 36.4 Å². The van der Waals surface area contributed by atoms with E-state index in [2.05, 4.69) is 16.2 Å². The SMILES string of the molecule is O=C(NNC(=S)NC(=O)c1ccc(-c2ccccc2)cc1)c1ccc(Cl)cc1. The van der Waals surface area contributed by atoms with Crippen molar-refractivity contribution in [1.29, 1.82) is 0 Å². The summed E-state index contributed by atoms with van der Waals surface area (Å²) in [7, 11) is 0. The maximum absolute atomic E-state index is 12.3. The summed E-state index contributed by atoms with van der Waals surface area (Å²) in [4.78, 5) is 24.3. The van der Waals surface area contributed by atoms with E-state index in [4.69, 9.17) is 23.8 Å². The Bertz CT molecular complexity index is 990. The van der Waals surface area contributed by atoms with Crippen molar-refractivity contribution in [1.82, 2.24) is 16.2 Å². The molecule has 3 aromatic rings. The highest BCUT2D eigenvalue weighted by atomic mass is 35.5. The molecule has 0 unspecified atom stereocenters. The average Bonchev–Trinajstić information content (AvgIpc) is 2.73. The molecule has 0 aromatic heterocycles. The number of nitrogens with one attached hydrogen (secondary N) is 3. The van der Waals surface area contributed by atoms with Crippen LogP contribution in [0.3, 0.4) is 0 Å². The van der Waals surface area contributed by atoms with Crippen LogP contribution >= 0.6 is 23.8 Å². The van der Waals surface area contributed by atoms with Crippen molar-refractivity contribution in [2.45, 2.75) is 0 Å². The zero-order valence-electron chi connectivity index (χ0n) is 14.6. The molecule has 3 N–H and O–H groups in total. The number of hydrazine groups is 1. The number of thiocarbonyl (C=S) groups is 1. The molecule has 140 valence electrons. The molecule has 0 saturated carbocycles. The first-order valence-corrected chi connectivity index (χ1v) is 9.14. The molecule has 3 rings (SSSR count). The molecular formula is C21H16ClN3O2S. The van der Waals surface area contributed by atoms with Gasteiger partial charge in [-0.15, -0.1) is 0 Å². The fraction of sp³-hybridized carbons (Fsp3) is 0. The Morgan fingerprint density at radius 2 is 1.21 bits per heavy atom. The van der Waals surface area contributed by atoms with Gasteiger partial charge in [-0.05, 0) is 59.7 Å². The lowest BCUT2D eigenvalue weighted by molar-refractivity contribution is 0.0934. The largest absolute Gasteiger partial charge is 0.298 e. The molecule has 0 saturated heterocycles. The predicted octanol–water partition coefficient (Wildman–Crippen LogP) is 3.96. The van der Waals surface area contributed by atoms with Gasteiger partial charge in [0.25, 0.3) is 11.8 Å². The van der Waals surface area contributed by atoms with Gasteiger partial charge < -0.3 is 0 Å². The number of amides is 2. The number of rotatable bonds is 3. The van der Waals surface area contributed by atoms with Gasteiger partial charge in [0.05, 0.1) is 0 Å². The average molecular weight is 410 g/mol. The molecule has 2 amide bonds. The number of benzene rings is 3. The molecule has 5 nitrogen and oxygen atoms in total. The zero-order chi connectivity index (χ0) is 19.9. The van der Waals surface area contributed by atoms with E-state index in [0.29, 0.717) is 16.1 Å². The Hall–Kier alpha value is -3.22. The monoisotopic (exact) mass is 409 g/mol. The number of carbonyl (C=O) groups is 2. The van der Waals surface area contributed by atoms with Crippen LogP contribution in [0.25, 0.3) is 11.1 Å². The van der Waals surface area contributed by atoms with Crippen LogP contribution in [-0.4, -0.2) is 16.9 Å². The van der Waals surface area contributed by atoms with Crippen molar-refractivity contribution in [3.63, 3.8) is 0 Å². The van der Waals surface area contributed by atoms with Crippen molar-refractivity contribution < 1.29 is 9.59 Å². The third kappa shape index (κ3) is 5.16. The van der Waals surface area contributed by atoms with Crippen molar-refractivity contribution in [3.8, 4) is 11.1 Å². The van der Waals surface area contributed by atoms with Crippen molar-refractivity contribution >= 4 is 40.7 Å². The molecule has 0 spiro atoms. The second kappa shape index (κ2) is 9.12. The molecule has 0 atom stereocenters. The van der Waals surface area contributed by atoms with E-state index in [1.807, 2.05) is 42.5 Å². The Labute approximate surface area is 172 Å². The van der Waals surface area contributed by atoms with E-state index in [9.17, 15) is 9.59 Å². The lowest BCUT2D eigenvalue weighted by atomic mass is 10.0. The molecule has 0 fully saturated rings. The Morgan fingerprint density at radius 3 is 1.86 bits per heavy atom. The van der Waals surface area contributed by atoms with Gasteiger partial charge in [0.15, 0.2) is 5.11 Å². The minimum atomic E-state index is -0.402. The van der Waals surface area contributed by atoms with Crippen LogP contribution in [0.4, 0.5) is 0 Å². The van der Waals surface area contributed by atoms with E-state index < -0.39 is 5.91 Å². The van der Waals surface area contributed by atoms with Crippen molar-refractivity contribution in [3.05, 3.63) is 95.0 Å². The minimum absolute atomic E-state index is 0.0144. The zero-order valence-corrected chi connectivity index (χ0v) is 16.2. The summed E-state index contributed by atoms with van der Waals surface area (Å²) in [6.45, 7) is 0. The lowest BCUT2D eigenvalue weighted by Crippen LogP contribution is -2.48.